The highest BCUT2D eigenvalue weighted by Gasteiger charge is 2.27. The number of nitrogens with one attached hydrogen (secondary N) is 1. The summed E-state index contributed by atoms with van der Waals surface area (Å²) >= 11 is 1.64. The van der Waals surface area contributed by atoms with Crippen molar-refractivity contribution in [3.63, 3.8) is 0 Å². The summed E-state index contributed by atoms with van der Waals surface area (Å²) in [6, 6.07) is 14.0. The van der Waals surface area contributed by atoms with Crippen LogP contribution in [0, 0.1) is 5.92 Å². The van der Waals surface area contributed by atoms with Gasteiger partial charge in [-0.25, -0.2) is 4.98 Å². The lowest BCUT2D eigenvalue weighted by molar-refractivity contribution is -0.115. The van der Waals surface area contributed by atoms with E-state index in [9.17, 15) is 4.79 Å². The molecule has 0 bridgehead atoms. The molecular weight excluding hydrogens is 344 g/mol. The average molecular weight is 364 g/mol. The highest BCUT2D eigenvalue weighted by molar-refractivity contribution is 7.98. The van der Waals surface area contributed by atoms with Crippen LogP contribution in [0.2, 0.25) is 0 Å². The second-order valence-electron chi connectivity index (χ2n) is 6.43. The number of fused-ring (bicyclic) bond motifs is 1. The van der Waals surface area contributed by atoms with E-state index in [2.05, 4.69) is 16.0 Å². The highest BCUT2D eigenvalue weighted by atomic mass is 32.2. The summed E-state index contributed by atoms with van der Waals surface area (Å²) in [5, 5.41) is 0.887. The molecule has 3 aromatic rings. The van der Waals surface area contributed by atoms with Gasteiger partial charge in [-0.05, 0) is 48.7 Å². The summed E-state index contributed by atoms with van der Waals surface area (Å²) in [5.41, 5.74) is 4.11. The third-order valence-corrected chi connectivity index (χ3v) is 5.38. The number of imidazole rings is 1. The molecule has 1 fully saturated rings. The van der Waals surface area contributed by atoms with Crippen molar-refractivity contribution in [3.8, 4) is 5.75 Å². The van der Waals surface area contributed by atoms with Crippen LogP contribution in [0.5, 0.6) is 5.75 Å². The zero-order chi connectivity index (χ0) is 17.9. The molecule has 4 nitrogen and oxygen atoms in total. The number of hydrogen-bond acceptors (Lipinski definition) is 4. The van der Waals surface area contributed by atoms with Crippen molar-refractivity contribution in [1.82, 2.24) is 9.97 Å². The van der Waals surface area contributed by atoms with Crippen molar-refractivity contribution >= 4 is 34.7 Å². The van der Waals surface area contributed by atoms with Gasteiger partial charge in [0.15, 0.2) is 10.9 Å². The minimum atomic E-state index is 0.235. The Morgan fingerprint density at radius 2 is 2.15 bits per heavy atom. The monoisotopic (exact) mass is 364 g/mol. The third-order valence-electron chi connectivity index (χ3n) is 4.46. The van der Waals surface area contributed by atoms with E-state index in [-0.39, 0.29) is 11.7 Å². The zero-order valence-corrected chi connectivity index (χ0v) is 15.4. The first-order chi connectivity index (χ1) is 12.7. The van der Waals surface area contributed by atoms with E-state index in [1.165, 1.54) is 0 Å². The molecule has 0 atom stereocenters. The molecule has 0 saturated heterocycles. The fourth-order valence-corrected chi connectivity index (χ4v) is 3.70. The number of hydrogen-bond donors (Lipinski definition) is 1. The number of thioether (sulfide) groups is 1. The molecule has 0 spiro atoms. The molecule has 26 heavy (non-hydrogen) atoms. The van der Waals surface area contributed by atoms with Gasteiger partial charge in [0.2, 0.25) is 0 Å². The Labute approximate surface area is 156 Å². The van der Waals surface area contributed by atoms with Gasteiger partial charge >= 0.3 is 0 Å². The molecule has 1 N–H and O–H groups in total. The number of H-pyrrole nitrogens is 1. The summed E-state index contributed by atoms with van der Waals surface area (Å²) in [4.78, 5) is 19.8. The number of benzene rings is 2. The minimum Gasteiger partial charge on any atom is -0.496 e. The van der Waals surface area contributed by atoms with Gasteiger partial charge in [0.1, 0.15) is 5.75 Å². The molecular formula is C21H20N2O2S. The molecule has 1 aliphatic rings. The molecule has 1 aliphatic carbocycles. The van der Waals surface area contributed by atoms with Crippen molar-refractivity contribution < 1.29 is 9.53 Å². The summed E-state index contributed by atoms with van der Waals surface area (Å²) in [5.74, 6) is 2.08. The maximum atomic E-state index is 11.9. The fourth-order valence-electron chi connectivity index (χ4n) is 2.84. The number of ether oxygens (including phenoxy) is 1. The van der Waals surface area contributed by atoms with E-state index in [0.717, 1.165) is 51.7 Å². The molecule has 0 aliphatic heterocycles. The molecule has 1 heterocycles. The first-order valence-corrected chi connectivity index (χ1v) is 9.68. The zero-order valence-electron chi connectivity index (χ0n) is 14.6. The van der Waals surface area contributed by atoms with E-state index < -0.39 is 0 Å². The van der Waals surface area contributed by atoms with Gasteiger partial charge in [0, 0.05) is 17.2 Å². The van der Waals surface area contributed by atoms with Crippen molar-refractivity contribution in [2.75, 3.05) is 7.11 Å². The Balaban J connectivity index is 1.50. The van der Waals surface area contributed by atoms with Gasteiger partial charge in [-0.2, -0.15) is 0 Å². The summed E-state index contributed by atoms with van der Waals surface area (Å²) in [7, 11) is 1.68. The lowest BCUT2D eigenvalue weighted by atomic mass is 10.1. The van der Waals surface area contributed by atoms with E-state index in [1.54, 1.807) is 24.9 Å². The maximum absolute atomic E-state index is 11.9. The van der Waals surface area contributed by atoms with Gasteiger partial charge in [0.05, 0.1) is 18.1 Å². The highest BCUT2D eigenvalue weighted by Crippen LogP contribution is 2.31. The first kappa shape index (κ1) is 16.9. The number of para-hydroxylation sites is 2. The molecule has 0 unspecified atom stereocenters. The van der Waals surface area contributed by atoms with Crippen molar-refractivity contribution in [2.45, 2.75) is 23.8 Å². The van der Waals surface area contributed by atoms with E-state index >= 15 is 0 Å². The summed E-state index contributed by atoms with van der Waals surface area (Å²) < 4.78 is 5.49. The van der Waals surface area contributed by atoms with Crippen LogP contribution in [0.4, 0.5) is 0 Å². The first-order valence-electron chi connectivity index (χ1n) is 8.69. The number of ketones is 1. The predicted molar refractivity (Wildman–Crippen MR) is 105 cm³/mol. The lowest BCUT2D eigenvalue weighted by Gasteiger charge is -2.08. The molecule has 132 valence electrons. The summed E-state index contributed by atoms with van der Waals surface area (Å²) in [6.45, 7) is 0. The number of carbonyl (C=O) groups excluding carboxylic acids is 1. The molecule has 2 aromatic carbocycles. The molecule has 0 amide bonds. The van der Waals surface area contributed by atoms with Crippen molar-refractivity contribution in [3.05, 3.63) is 59.7 Å². The Bertz CT molecular complexity index is 940. The van der Waals surface area contributed by atoms with Gasteiger partial charge in [0.25, 0.3) is 0 Å². The number of nitrogens with zero attached hydrogens (tertiary/aromatic N) is 1. The largest absolute Gasteiger partial charge is 0.496 e. The second-order valence-corrected chi connectivity index (χ2v) is 7.39. The van der Waals surface area contributed by atoms with Crippen molar-refractivity contribution in [2.24, 2.45) is 5.92 Å². The maximum Gasteiger partial charge on any atom is 0.166 e. The van der Waals surface area contributed by atoms with Crippen LogP contribution in [0.3, 0.4) is 0 Å². The van der Waals surface area contributed by atoms with E-state index in [1.807, 2.05) is 42.5 Å². The molecule has 1 saturated carbocycles. The van der Waals surface area contributed by atoms with Gasteiger partial charge in [-0.1, -0.05) is 36.0 Å². The normalized spacial score (nSPS) is 14.2. The van der Waals surface area contributed by atoms with Crippen LogP contribution < -0.4 is 4.74 Å². The van der Waals surface area contributed by atoms with Crippen LogP contribution in [0.25, 0.3) is 17.1 Å². The topological polar surface area (TPSA) is 55.0 Å². The van der Waals surface area contributed by atoms with Gasteiger partial charge < -0.3 is 9.72 Å². The SMILES string of the molecule is COc1ccc(C=CC(=O)C2CC2)cc1CSc1nc2ccccc2[nH]1. The van der Waals surface area contributed by atoms with Gasteiger partial charge in [-0.15, -0.1) is 0 Å². The number of rotatable bonds is 7. The second kappa shape index (κ2) is 7.38. The fraction of sp³-hybridized carbons (Fsp3) is 0.238. The van der Waals surface area contributed by atoms with Gasteiger partial charge in [-0.3, -0.25) is 4.79 Å². The van der Waals surface area contributed by atoms with Crippen LogP contribution in [-0.2, 0) is 10.5 Å². The Morgan fingerprint density at radius 1 is 1.31 bits per heavy atom. The average Bonchev–Trinajstić information content (AvgIpc) is 3.44. The Kier molecular flexibility index (Phi) is 4.80. The van der Waals surface area contributed by atoms with E-state index in [4.69, 9.17) is 4.74 Å². The quantitative estimate of drug-likeness (QED) is 0.481. The van der Waals surface area contributed by atoms with Crippen LogP contribution in [0.15, 0.2) is 53.7 Å². The van der Waals surface area contributed by atoms with Crippen LogP contribution in [-0.4, -0.2) is 22.9 Å². The Hall–Kier alpha value is -2.53. The number of aromatic nitrogens is 2. The Morgan fingerprint density at radius 3 is 2.92 bits per heavy atom. The molecule has 1 aromatic heterocycles. The molecule has 4 rings (SSSR count). The van der Waals surface area contributed by atoms with Crippen molar-refractivity contribution in [1.29, 1.82) is 0 Å². The minimum absolute atomic E-state index is 0.235. The standard InChI is InChI=1S/C21H20N2O2S/c1-25-20-11-7-14(6-10-19(24)15-8-9-15)12-16(20)13-26-21-22-17-4-2-3-5-18(17)23-21/h2-7,10-12,15H,8-9,13H2,1H3,(H,22,23). The molecule has 5 heteroatoms. The van der Waals surface area contributed by atoms with Crippen LogP contribution >= 0.6 is 11.8 Å². The van der Waals surface area contributed by atoms with Crippen LogP contribution in [0.1, 0.15) is 24.0 Å². The lowest BCUT2D eigenvalue weighted by Crippen LogP contribution is -1.94. The summed E-state index contributed by atoms with van der Waals surface area (Å²) in [6.07, 6.45) is 5.67. The smallest absolute Gasteiger partial charge is 0.166 e. The number of methoxy groups -OCH3 is 1. The predicted octanol–water partition coefficient (Wildman–Crippen LogP) is 4.86. The third kappa shape index (κ3) is 3.83. The number of allylic oxidation sites excluding steroid dienone is 1. The van der Waals surface area contributed by atoms with E-state index in [0.29, 0.717) is 0 Å². The number of carbonyl (C=O) groups is 1. The number of aromatic amines is 1. The molecule has 0 radical (unpaired) electrons.